The molecule has 0 saturated carbocycles. The van der Waals surface area contributed by atoms with Gasteiger partial charge in [-0.2, -0.15) is 0 Å². The summed E-state index contributed by atoms with van der Waals surface area (Å²) < 4.78 is 0. The first-order valence-corrected chi connectivity index (χ1v) is 10.2. The highest BCUT2D eigenvalue weighted by atomic mass is 16.2. The molecule has 1 aliphatic heterocycles. The van der Waals surface area contributed by atoms with Crippen molar-refractivity contribution in [2.75, 3.05) is 13.1 Å². The molecule has 2 aromatic rings. The lowest BCUT2D eigenvalue weighted by Crippen LogP contribution is -2.41. The van der Waals surface area contributed by atoms with Crippen LogP contribution in [0.15, 0.2) is 48.5 Å². The van der Waals surface area contributed by atoms with Crippen molar-refractivity contribution >= 4 is 11.7 Å². The van der Waals surface area contributed by atoms with Crippen LogP contribution in [0.1, 0.15) is 52.7 Å². The molecule has 0 bridgehead atoms. The van der Waals surface area contributed by atoms with Crippen LogP contribution in [-0.4, -0.2) is 29.7 Å². The number of ketones is 1. The molecule has 0 unspecified atom stereocenters. The first kappa shape index (κ1) is 18.0. The second-order valence-electron chi connectivity index (χ2n) is 7.87. The lowest BCUT2D eigenvalue weighted by atomic mass is 9.88. The number of hydrogen-bond acceptors (Lipinski definition) is 2. The van der Waals surface area contributed by atoms with Crippen molar-refractivity contribution in [2.45, 2.75) is 44.9 Å². The van der Waals surface area contributed by atoms with Crippen molar-refractivity contribution < 1.29 is 9.59 Å². The van der Waals surface area contributed by atoms with E-state index in [1.165, 1.54) is 30.4 Å². The SMILES string of the molecule is O=C(c1ccccc1)C1CCN(C(=O)Cc2ccc3c(c2)CCCC3)CC1. The van der Waals surface area contributed by atoms with Gasteiger partial charge in [0.1, 0.15) is 0 Å². The van der Waals surface area contributed by atoms with Gasteiger partial charge < -0.3 is 4.90 Å². The van der Waals surface area contributed by atoms with E-state index < -0.39 is 0 Å². The van der Waals surface area contributed by atoms with Crippen molar-refractivity contribution in [3.05, 3.63) is 70.8 Å². The van der Waals surface area contributed by atoms with Crippen molar-refractivity contribution in [2.24, 2.45) is 5.92 Å². The van der Waals surface area contributed by atoms with Gasteiger partial charge in [0.15, 0.2) is 5.78 Å². The molecule has 2 aromatic carbocycles. The average Bonchev–Trinajstić information content (AvgIpc) is 2.74. The van der Waals surface area contributed by atoms with E-state index in [0.29, 0.717) is 19.5 Å². The molecule has 1 amide bonds. The predicted octanol–water partition coefficient (Wildman–Crippen LogP) is 4.23. The second kappa shape index (κ2) is 8.08. The van der Waals surface area contributed by atoms with Crippen LogP contribution in [0.5, 0.6) is 0 Å². The Balaban J connectivity index is 1.33. The maximum absolute atomic E-state index is 12.7. The number of nitrogens with zero attached hydrogens (tertiary/aromatic N) is 1. The smallest absolute Gasteiger partial charge is 0.226 e. The standard InChI is InChI=1S/C24H27NO2/c26-23(17-18-10-11-19-6-4-5-9-22(19)16-18)25-14-12-21(13-15-25)24(27)20-7-2-1-3-8-20/h1-3,7-8,10-11,16,21H,4-6,9,12-15,17H2. The first-order valence-electron chi connectivity index (χ1n) is 10.2. The summed E-state index contributed by atoms with van der Waals surface area (Å²) in [4.78, 5) is 27.3. The van der Waals surface area contributed by atoms with Gasteiger partial charge in [0, 0.05) is 24.6 Å². The number of likely N-dealkylation sites (tertiary alicyclic amines) is 1. The Hall–Kier alpha value is -2.42. The highest BCUT2D eigenvalue weighted by molar-refractivity contribution is 5.98. The fraction of sp³-hybridized carbons (Fsp3) is 0.417. The van der Waals surface area contributed by atoms with Crippen LogP contribution < -0.4 is 0 Å². The molecule has 140 valence electrons. The number of carbonyl (C=O) groups excluding carboxylic acids is 2. The van der Waals surface area contributed by atoms with Gasteiger partial charge in [-0.15, -0.1) is 0 Å². The molecule has 0 atom stereocenters. The van der Waals surface area contributed by atoms with Crippen molar-refractivity contribution in [3.8, 4) is 0 Å². The molecule has 3 heteroatoms. The zero-order valence-electron chi connectivity index (χ0n) is 15.8. The number of fused-ring (bicyclic) bond motifs is 1. The van der Waals surface area contributed by atoms with E-state index in [1.807, 2.05) is 35.2 Å². The van der Waals surface area contributed by atoms with Crippen LogP contribution in [-0.2, 0) is 24.1 Å². The third kappa shape index (κ3) is 4.13. The lowest BCUT2D eigenvalue weighted by Gasteiger charge is -2.31. The highest BCUT2D eigenvalue weighted by Gasteiger charge is 2.27. The fourth-order valence-corrected chi connectivity index (χ4v) is 4.41. The molecular formula is C24H27NO2. The number of rotatable bonds is 4. The molecule has 0 N–H and O–H groups in total. The summed E-state index contributed by atoms with van der Waals surface area (Å²) in [6, 6.07) is 16.1. The van der Waals surface area contributed by atoms with Gasteiger partial charge in [0.05, 0.1) is 6.42 Å². The summed E-state index contributed by atoms with van der Waals surface area (Å²) in [6.07, 6.45) is 6.87. The summed E-state index contributed by atoms with van der Waals surface area (Å²) in [7, 11) is 0. The summed E-state index contributed by atoms with van der Waals surface area (Å²) in [5.41, 5.74) is 4.80. The Labute approximate surface area is 161 Å². The topological polar surface area (TPSA) is 37.4 Å². The van der Waals surface area contributed by atoms with Gasteiger partial charge in [0.2, 0.25) is 5.91 Å². The van der Waals surface area contributed by atoms with Crippen LogP contribution >= 0.6 is 0 Å². The van der Waals surface area contributed by atoms with E-state index in [1.54, 1.807) is 0 Å². The number of Topliss-reactive ketones (excluding diaryl/α,β-unsaturated/α-hetero) is 1. The molecule has 0 aromatic heterocycles. The fourth-order valence-electron chi connectivity index (χ4n) is 4.41. The van der Waals surface area contributed by atoms with Gasteiger partial charge in [-0.05, 0) is 55.2 Å². The molecular weight excluding hydrogens is 334 g/mol. The van der Waals surface area contributed by atoms with Crippen LogP contribution in [0, 0.1) is 5.92 Å². The number of hydrogen-bond donors (Lipinski definition) is 0. The summed E-state index contributed by atoms with van der Waals surface area (Å²) in [5, 5.41) is 0. The number of aryl methyl sites for hydroxylation is 2. The Bertz CT molecular complexity index is 820. The maximum Gasteiger partial charge on any atom is 0.226 e. The molecule has 0 radical (unpaired) electrons. The molecule has 4 rings (SSSR count). The predicted molar refractivity (Wildman–Crippen MR) is 107 cm³/mol. The monoisotopic (exact) mass is 361 g/mol. The highest BCUT2D eigenvalue weighted by Crippen LogP contribution is 2.24. The molecule has 27 heavy (non-hydrogen) atoms. The van der Waals surface area contributed by atoms with Crippen LogP contribution in [0.2, 0.25) is 0 Å². The molecule has 1 fully saturated rings. The zero-order chi connectivity index (χ0) is 18.6. The lowest BCUT2D eigenvalue weighted by molar-refractivity contribution is -0.131. The average molecular weight is 361 g/mol. The van der Waals surface area contributed by atoms with E-state index >= 15 is 0 Å². The minimum atomic E-state index is 0.0418. The Morgan fingerprint density at radius 3 is 2.33 bits per heavy atom. The van der Waals surface area contributed by atoms with Crippen LogP contribution in [0.25, 0.3) is 0 Å². The van der Waals surface area contributed by atoms with Gasteiger partial charge >= 0.3 is 0 Å². The van der Waals surface area contributed by atoms with Crippen molar-refractivity contribution in [1.29, 1.82) is 0 Å². The summed E-state index contributed by atoms with van der Waals surface area (Å²) in [5.74, 6) is 0.453. The van der Waals surface area contributed by atoms with E-state index in [-0.39, 0.29) is 17.6 Å². The van der Waals surface area contributed by atoms with Gasteiger partial charge in [0.25, 0.3) is 0 Å². The Morgan fingerprint density at radius 1 is 0.889 bits per heavy atom. The van der Waals surface area contributed by atoms with Gasteiger partial charge in [-0.25, -0.2) is 0 Å². The number of amides is 1. The minimum absolute atomic E-state index is 0.0418. The third-order valence-electron chi connectivity index (χ3n) is 6.05. The quantitative estimate of drug-likeness (QED) is 0.764. The maximum atomic E-state index is 12.7. The molecule has 1 saturated heterocycles. The van der Waals surface area contributed by atoms with Gasteiger partial charge in [-0.3, -0.25) is 9.59 Å². The molecule has 0 spiro atoms. The second-order valence-corrected chi connectivity index (χ2v) is 7.87. The van der Waals surface area contributed by atoms with Gasteiger partial charge in [-0.1, -0.05) is 48.5 Å². The normalized spacial score (nSPS) is 17.4. The van der Waals surface area contributed by atoms with E-state index in [4.69, 9.17) is 0 Å². The molecule has 3 nitrogen and oxygen atoms in total. The molecule has 1 heterocycles. The van der Waals surface area contributed by atoms with Crippen LogP contribution in [0.4, 0.5) is 0 Å². The number of piperidine rings is 1. The molecule has 1 aliphatic carbocycles. The largest absolute Gasteiger partial charge is 0.342 e. The van der Waals surface area contributed by atoms with Crippen molar-refractivity contribution in [1.82, 2.24) is 4.90 Å². The number of carbonyl (C=O) groups is 2. The van der Waals surface area contributed by atoms with Crippen molar-refractivity contribution in [3.63, 3.8) is 0 Å². The van der Waals surface area contributed by atoms with E-state index in [2.05, 4.69) is 18.2 Å². The van der Waals surface area contributed by atoms with E-state index in [9.17, 15) is 9.59 Å². The molecule has 2 aliphatic rings. The van der Waals surface area contributed by atoms with Crippen LogP contribution in [0.3, 0.4) is 0 Å². The summed E-state index contributed by atoms with van der Waals surface area (Å²) >= 11 is 0. The zero-order valence-corrected chi connectivity index (χ0v) is 15.8. The Kier molecular flexibility index (Phi) is 5.38. The third-order valence-corrected chi connectivity index (χ3v) is 6.05. The number of benzene rings is 2. The first-order chi connectivity index (χ1) is 13.2. The minimum Gasteiger partial charge on any atom is -0.342 e. The van der Waals surface area contributed by atoms with E-state index in [0.717, 1.165) is 30.4 Å². The Morgan fingerprint density at radius 2 is 1.59 bits per heavy atom. The summed E-state index contributed by atoms with van der Waals surface area (Å²) in [6.45, 7) is 1.38.